The van der Waals surface area contributed by atoms with Crippen LogP contribution in [0.4, 0.5) is 11.6 Å². The van der Waals surface area contributed by atoms with Crippen LogP contribution in [0.25, 0.3) is 0 Å². The monoisotopic (exact) mass is 226 g/mol. The summed E-state index contributed by atoms with van der Waals surface area (Å²) in [6.07, 6.45) is 1.68. The molecule has 86 valence electrons. The van der Waals surface area contributed by atoms with Gasteiger partial charge in [-0.1, -0.05) is 24.3 Å². The van der Waals surface area contributed by atoms with Crippen molar-refractivity contribution in [3.63, 3.8) is 0 Å². The highest BCUT2D eigenvalue weighted by molar-refractivity contribution is 5.47. The van der Waals surface area contributed by atoms with E-state index in [4.69, 9.17) is 5.73 Å². The SMILES string of the molecule is Cc1nc(N2Cc3ccccc3C2)ncc1N. The van der Waals surface area contributed by atoms with Gasteiger partial charge in [-0.05, 0) is 18.1 Å². The summed E-state index contributed by atoms with van der Waals surface area (Å²) < 4.78 is 0. The van der Waals surface area contributed by atoms with Gasteiger partial charge in [0.2, 0.25) is 5.95 Å². The molecule has 2 heterocycles. The third-order valence-electron chi connectivity index (χ3n) is 3.13. The first-order valence-electron chi connectivity index (χ1n) is 5.65. The van der Waals surface area contributed by atoms with Gasteiger partial charge in [-0.3, -0.25) is 0 Å². The zero-order valence-corrected chi connectivity index (χ0v) is 9.72. The summed E-state index contributed by atoms with van der Waals surface area (Å²) in [5.74, 6) is 0.757. The summed E-state index contributed by atoms with van der Waals surface area (Å²) in [6, 6.07) is 8.44. The van der Waals surface area contributed by atoms with Gasteiger partial charge in [0.15, 0.2) is 0 Å². The number of nitrogens with zero attached hydrogens (tertiary/aromatic N) is 3. The summed E-state index contributed by atoms with van der Waals surface area (Å²) >= 11 is 0. The molecule has 1 aliphatic rings. The van der Waals surface area contributed by atoms with Crippen LogP contribution in [0.2, 0.25) is 0 Å². The molecule has 1 aliphatic heterocycles. The Bertz CT molecular complexity index is 540. The maximum atomic E-state index is 5.73. The van der Waals surface area contributed by atoms with Crippen molar-refractivity contribution in [2.75, 3.05) is 10.6 Å². The smallest absolute Gasteiger partial charge is 0.226 e. The predicted octanol–water partition coefficient (Wildman–Crippen LogP) is 1.89. The fraction of sp³-hybridized carbons (Fsp3) is 0.231. The van der Waals surface area contributed by atoms with Gasteiger partial charge in [0.25, 0.3) is 0 Å². The lowest BCUT2D eigenvalue weighted by atomic mass is 10.1. The molecule has 1 aromatic carbocycles. The first-order valence-corrected chi connectivity index (χ1v) is 5.65. The molecular weight excluding hydrogens is 212 g/mol. The minimum absolute atomic E-state index is 0.644. The number of hydrogen-bond donors (Lipinski definition) is 1. The number of hydrogen-bond acceptors (Lipinski definition) is 4. The summed E-state index contributed by atoms with van der Waals surface area (Å²) in [6.45, 7) is 3.66. The Morgan fingerprint density at radius 2 is 1.82 bits per heavy atom. The highest BCUT2D eigenvalue weighted by Crippen LogP contribution is 2.26. The van der Waals surface area contributed by atoms with Crippen molar-refractivity contribution in [1.29, 1.82) is 0 Å². The van der Waals surface area contributed by atoms with Crippen molar-refractivity contribution in [2.24, 2.45) is 0 Å². The van der Waals surface area contributed by atoms with E-state index in [1.807, 2.05) is 6.92 Å². The van der Waals surface area contributed by atoms with Crippen molar-refractivity contribution in [3.8, 4) is 0 Å². The van der Waals surface area contributed by atoms with Gasteiger partial charge in [0.1, 0.15) is 0 Å². The van der Waals surface area contributed by atoms with Gasteiger partial charge in [-0.2, -0.15) is 0 Å². The van der Waals surface area contributed by atoms with Crippen molar-refractivity contribution >= 4 is 11.6 Å². The summed E-state index contributed by atoms with van der Waals surface area (Å²) in [7, 11) is 0. The molecule has 0 radical (unpaired) electrons. The molecule has 0 amide bonds. The fourth-order valence-electron chi connectivity index (χ4n) is 2.09. The molecule has 0 fully saturated rings. The topological polar surface area (TPSA) is 55.0 Å². The molecule has 1 aromatic heterocycles. The standard InChI is InChI=1S/C13H14N4/c1-9-12(14)6-15-13(16-9)17-7-10-4-2-3-5-11(10)8-17/h2-6H,7-8,14H2,1H3. The van der Waals surface area contributed by atoms with E-state index < -0.39 is 0 Å². The second-order valence-electron chi connectivity index (χ2n) is 4.34. The van der Waals surface area contributed by atoms with Crippen LogP contribution < -0.4 is 10.6 Å². The number of nitrogen functional groups attached to an aromatic ring is 1. The molecule has 0 saturated heterocycles. The molecule has 0 spiro atoms. The second kappa shape index (κ2) is 3.73. The van der Waals surface area contributed by atoms with Crippen LogP contribution in [0.5, 0.6) is 0 Å². The third kappa shape index (κ3) is 1.71. The van der Waals surface area contributed by atoms with Gasteiger partial charge >= 0.3 is 0 Å². The molecule has 2 N–H and O–H groups in total. The first-order chi connectivity index (χ1) is 8.24. The highest BCUT2D eigenvalue weighted by Gasteiger charge is 2.20. The number of rotatable bonds is 1. The number of nitrogens with two attached hydrogens (primary N) is 1. The van der Waals surface area contributed by atoms with E-state index in [0.717, 1.165) is 24.7 Å². The lowest BCUT2D eigenvalue weighted by Crippen LogP contribution is -2.18. The van der Waals surface area contributed by atoms with Crippen molar-refractivity contribution < 1.29 is 0 Å². The third-order valence-corrected chi connectivity index (χ3v) is 3.13. The summed E-state index contributed by atoms with van der Waals surface area (Å²) in [5.41, 5.74) is 9.92. The van der Waals surface area contributed by atoms with Crippen LogP contribution >= 0.6 is 0 Å². The Balaban J connectivity index is 1.91. The molecule has 0 aliphatic carbocycles. The zero-order valence-electron chi connectivity index (χ0n) is 9.72. The van der Waals surface area contributed by atoms with E-state index in [1.54, 1.807) is 6.20 Å². The molecule has 0 atom stereocenters. The van der Waals surface area contributed by atoms with E-state index in [2.05, 4.69) is 39.1 Å². The van der Waals surface area contributed by atoms with Crippen LogP contribution in [0.15, 0.2) is 30.5 Å². The van der Waals surface area contributed by atoms with Crippen molar-refractivity contribution in [3.05, 3.63) is 47.3 Å². The largest absolute Gasteiger partial charge is 0.396 e. The highest BCUT2D eigenvalue weighted by atomic mass is 15.3. The molecule has 4 heteroatoms. The summed E-state index contributed by atoms with van der Waals surface area (Å²) in [5, 5.41) is 0. The lowest BCUT2D eigenvalue weighted by Gasteiger charge is -2.15. The Kier molecular flexibility index (Phi) is 2.21. The van der Waals surface area contributed by atoms with E-state index in [1.165, 1.54) is 11.1 Å². The average molecular weight is 226 g/mol. The Labute approximate surface area is 100 Å². The number of aromatic nitrogens is 2. The van der Waals surface area contributed by atoms with Crippen LogP contribution in [0, 0.1) is 6.92 Å². The molecule has 2 aromatic rings. The van der Waals surface area contributed by atoms with Crippen molar-refractivity contribution in [1.82, 2.24) is 9.97 Å². The zero-order chi connectivity index (χ0) is 11.8. The number of aryl methyl sites for hydroxylation is 1. The van der Waals surface area contributed by atoms with Gasteiger partial charge in [-0.25, -0.2) is 9.97 Å². The van der Waals surface area contributed by atoms with Gasteiger partial charge < -0.3 is 10.6 Å². The van der Waals surface area contributed by atoms with E-state index in [0.29, 0.717) is 5.69 Å². The molecule has 0 unspecified atom stereocenters. The predicted molar refractivity (Wildman–Crippen MR) is 67.5 cm³/mol. The fourth-order valence-corrected chi connectivity index (χ4v) is 2.09. The molecule has 17 heavy (non-hydrogen) atoms. The normalized spacial score (nSPS) is 13.8. The number of benzene rings is 1. The Morgan fingerprint density at radius 1 is 1.18 bits per heavy atom. The quantitative estimate of drug-likeness (QED) is 0.806. The van der Waals surface area contributed by atoms with E-state index in [-0.39, 0.29) is 0 Å². The van der Waals surface area contributed by atoms with Gasteiger partial charge in [0, 0.05) is 13.1 Å². The van der Waals surface area contributed by atoms with Crippen LogP contribution in [-0.2, 0) is 13.1 Å². The molecule has 0 saturated carbocycles. The Morgan fingerprint density at radius 3 is 2.41 bits per heavy atom. The van der Waals surface area contributed by atoms with E-state index >= 15 is 0 Å². The van der Waals surface area contributed by atoms with Crippen LogP contribution in [-0.4, -0.2) is 9.97 Å². The molecule has 3 rings (SSSR count). The maximum Gasteiger partial charge on any atom is 0.226 e. The van der Waals surface area contributed by atoms with Crippen molar-refractivity contribution in [2.45, 2.75) is 20.0 Å². The molecular formula is C13H14N4. The minimum Gasteiger partial charge on any atom is -0.396 e. The van der Waals surface area contributed by atoms with Gasteiger partial charge in [-0.15, -0.1) is 0 Å². The van der Waals surface area contributed by atoms with Crippen LogP contribution in [0.1, 0.15) is 16.8 Å². The number of fused-ring (bicyclic) bond motifs is 1. The first kappa shape index (κ1) is 10.1. The Hall–Kier alpha value is -2.10. The number of anilines is 2. The van der Waals surface area contributed by atoms with Crippen LogP contribution in [0.3, 0.4) is 0 Å². The lowest BCUT2D eigenvalue weighted by molar-refractivity contribution is 0.823. The van der Waals surface area contributed by atoms with Gasteiger partial charge in [0.05, 0.1) is 17.6 Å². The second-order valence-corrected chi connectivity index (χ2v) is 4.34. The average Bonchev–Trinajstić information content (AvgIpc) is 2.76. The summed E-state index contributed by atoms with van der Waals surface area (Å²) in [4.78, 5) is 10.9. The molecule has 0 bridgehead atoms. The van der Waals surface area contributed by atoms with E-state index in [9.17, 15) is 0 Å². The maximum absolute atomic E-state index is 5.73. The minimum atomic E-state index is 0.644. The molecule has 4 nitrogen and oxygen atoms in total.